The molecule has 4 rings (SSSR count). The highest BCUT2D eigenvalue weighted by Gasteiger charge is 2.56. The van der Waals surface area contributed by atoms with Crippen LogP contribution in [0.3, 0.4) is 0 Å². The number of carbonyl (C=O) groups is 2. The van der Waals surface area contributed by atoms with Crippen molar-refractivity contribution in [1.29, 1.82) is 0 Å². The SMILES string of the molecule is O=C1[C@@H]2C(c3ccccc3Cl)=NO[C@H]2C(=O)N1c1ccc(F)c(Cl)c1. The van der Waals surface area contributed by atoms with Crippen LogP contribution in [0.15, 0.2) is 47.6 Å². The Morgan fingerprint density at radius 3 is 2.52 bits per heavy atom. The van der Waals surface area contributed by atoms with Crippen molar-refractivity contribution in [3.05, 3.63) is 63.9 Å². The molecule has 1 fully saturated rings. The number of nitrogens with zero attached hydrogens (tertiary/aromatic N) is 2. The normalized spacial score (nSPS) is 22.0. The first kappa shape index (κ1) is 16.1. The Balaban J connectivity index is 1.74. The summed E-state index contributed by atoms with van der Waals surface area (Å²) in [5.74, 6) is -2.65. The zero-order chi connectivity index (χ0) is 17.7. The van der Waals surface area contributed by atoms with Crippen LogP contribution in [0.1, 0.15) is 5.56 Å². The van der Waals surface area contributed by atoms with E-state index in [1.54, 1.807) is 24.3 Å². The van der Waals surface area contributed by atoms with Gasteiger partial charge in [-0.2, -0.15) is 0 Å². The van der Waals surface area contributed by atoms with E-state index in [1.807, 2.05) is 0 Å². The van der Waals surface area contributed by atoms with Crippen LogP contribution in [-0.2, 0) is 14.4 Å². The summed E-state index contributed by atoms with van der Waals surface area (Å²) in [6.45, 7) is 0. The van der Waals surface area contributed by atoms with Crippen molar-refractivity contribution in [3.63, 3.8) is 0 Å². The Bertz CT molecular complexity index is 947. The smallest absolute Gasteiger partial charge is 0.278 e. The lowest BCUT2D eigenvalue weighted by Gasteiger charge is -2.16. The molecule has 126 valence electrons. The molecule has 8 heteroatoms. The van der Waals surface area contributed by atoms with Gasteiger partial charge < -0.3 is 4.84 Å². The average molecular weight is 379 g/mol. The number of hydrogen-bond acceptors (Lipinski definition) is 4. The standard InChI is InChI=1S/C17H9Cl2FN2O3/c18-10-4-2-1-3-9(10)14-13-15(25-21-14)17(24)22(16(13)23)8-5-6-12(20)11(19)7-8/h1-7,13,15H/t13-,15-/m1/s1. The van der Waals surface area contributed by atoms with E-state index in [2.05, 4.69) is 5.16 Å². The van der Waals surface area contributed by atoms with Gasteiger partial charge in [0.05, 0.1) is 10.7 Å². The van der Waals surface area contributed by atoms with Crippen molar-refractivity contribution in [2.24, 2.45) is 11.1 Å². The molecule has 0 saturated carbocycles. The molecule has 0 aliphatic carbocycles. The molecule has 0 bridgehead atoms. The van der Waals surface area contributed by atoms with Gasteiger partial charge in [-0.3, -0.25) is 9.59 Å². The summed E-state index contributed by atoms with van der Waals surface area (Å²) in [6.07, 6.45) is -1.07. The van der Waals surface area contributed by atoms with Crippen LogP contribution in [0.4, 0.5) is 10.1 Å². The molecule has 0 radical (unpaired) electrons. The van der Waals surface area contributed by atoms with Gasteiger partial charge in [0.15, 0.2) is 0 Å². The molecule has 5 nitrogen and oxygen atoms in total. The highest BCUT2D eigenvalue weighted by Crippen LogP contribution is 2.37. The van der Waals surface area contributed by atoms with E-state index < -0.39 is 29.7 Å². The summed E-state index contributed by atoms with van der Waals surface area (Å²) < 4.78 is 13.4. The molecule has 2 aromatic rings. The second-order valence-electron chi connectivity index (χ2n) is 5.57. The van der Waals surface area contributed by atoms with Gasteiger partial charge in [0.2, 0.25) is 12.0 Å². The summed E-state index contributed by atoms with van der Waals surface area (Å²) in [7, 11) is 0. The largest absolute Gasteiger partial charge is 0.381 e. The maximum atomic E-state index is 13.4. The van der Waals surface area contributed by atoms with Gasteiger partial charge in [-0.05, 0) is 24.3 Å². The van der Waals surface area contributed by atoms with E-state index in [1.165, 1.54) is 12.1 Å². The van der Waals surface area contributed by atoms with Gasteiger partial charge >= 0.3 is 0 Å². The van der Waals surface area contributed by atoms with E-state index in [-0.39, 0.29) is 10.7 Å². The molecule has 0 unspecified atom stereocenters. The Kier molecular flexibility index (Phi) is 3.74. The van der Waals surface area contributed by atoms with E-state index in [4.69, 9.17) is 28.0 Å². The Hall–Kier alpha value is -2.44. The summed E-state index contributed by atoms with van der Waals surface area (Å²) in [5, 5.41) is 4.10. The Morgan fingerprint density at radius 1 is 1.04 bits per heavy atom. The average Bonchev–Trinajstić information content (AvgIpc) is 3.12. The molecular formula is C17H9Cl2FN2O3. The zero-order valence-corrected chi connectivity index (χ0v) is 14.0. The van der Waals surface area contributed by atoms with Gasteiger partial charge in [0.25, 0.3) is 5.91 Å². The van der Waals surface area contributed by atoms with Crippen LogP contribution in [0.25, 0.3) is 0 Å². The molecule has 0 spiro atoms. The maximum absolute atomic E-state index is 13.4. The van der Waals surface area contributed by atoms with Crippen LogP contribution in [0, 0.1) is 11.7 Å². The topological polar surface area (TPSA) is 59.0 Å². The lowest BCUT2D eigenvalue weighted by molar-refractivity contribution is -0.126. The number of anilines is 1. The first-order chi connectivity index (χ1) is 12.0. The van der Waals surface area contributed by atoms with Crippen LogP contribution in [0.5, 0.6) is 0 Å². The molecule has 2 atom stereocenters. The molecule has 0 aromatic heterocycles. The minimum atomic E-state index is -1.07. The molecule has 0 N–H and O–H groups in total. The summed E-state index contributed by atoms with van der Waals surface area (Å²) in [6, 6.07) is 10.5. The minimum absolute atomic E-state index is 0.179. The Morgan fingerprint density at radius 2 is 1.80 bits per heavy atom. The molecular weight excluding hydrogens is 370 g/mol. The molecule has 2 amide bonds. The van der Waals surface area contributed by atoms with Gasteiger partial charge in [-0.25, -0.2) is 9.29 Å². The maximum Gasteiger partial charge on any atom is 0.278 e. The second-order valence-corrected chi connectivity index (χ2v) is 6.38. The third-order valence-corrected chi connectivity index (χ3v) is 4.74. The first-order valence-corrected chi connectivity index (χ1v) is 8.06. The Labute approximate surface area is 151 Å². The number of imide groups is 1. The van der Waals surface area contributed by atoms with E-state index in [0.717, 1.165) is 11.0 Å². The highest BCUT2D eigenvalue weighted by atomic mass is 35.5. The van der Waals surface area contributed by atoms with Crippen LogP contribution in [0.2, 0.25) is 10.0 Å². The zero-order valence-electron chi connectivity index (χ0n) is 12.4. The fraction of sp³-hybridized carbons (Fsp3) is 0.118. The van der Waals surface area contributed by atoms with Gasteiger partial charge in [-0.1, -0.05) is 46.6 Å². The lowest BCUT2D eigenvalue weighted by Crippen LogP contribution is -2.33. The molecule has 2 aliphatic rings. The molecule has 25 heavy (non-hydrogen) atoms. The third kappa shape index (κ3) is 2.41. The number of halogens is 3. The molecule has 2 aromatic carbocycles. The van der Waals surface area contributed by atoms with Crippen LogP contribution in [-0.4, -0.2) is 23.6 Å². The van der Waals surface area contributed by atoms with Crippen molar-refractivity contribution in [2.75, 3.05) is 4.90 Å². The number of fused-ring (bicyclic) bond motifs is 1. The third-order valence-electron chi connectivity index (χ3n) is 4.12. The number of benzene rings is 2. The number of hydrogen-bond donors (Lipinski definition) is 0. The summed E-state index contributed by atoms with van der Waals surface area (Å²) >= 11 is 11.9. The van der Waals surface area contributed by atoms with Gasteiger partial charge in [0.1, 0.15) is 17.4 Å². The van der Waals surface area contributed by atoms with Gasteiger partial charge in [-0.15, -0.1) is 0 Å². The quantitative estimate of drug-likeness (QED) is 0.752. The van der Waals surface area contributed by atoms with Gasteiger partial charge in [0, 0.05) is 10.6 Å². The molecule has 2 aliphatic heterocycles. The number of amides is 2. The highest BCUT2D eigenvalue weighted by molar-refractivity contribution is 6.38. The molecule has 1 saturated heterocycles. The van der Waals surface area contributed by atoms with Crippen molar-refractivity contribution >= 4 is 46.4 Å². The van der Waals surface area contributed by atoms with Crippen molar-refractivity contribution < 1.29 is 18.8 Å². The monoisotopic (exact) mass is 378 g/mol. The number of rotatable bonds is 2. The van der Waals surface area contributed by atoms with Crippen molar-refractivity contribution in [3.8, 4) is 0 Å². The fourth-order valence-corrected chi connectivity index (χ4v) is 3.36. The summed E-state index contributed by atoms with van der Waals surface area (Å²) in [5.41, 5.74) is 0.999. The van der Waals surface area contributed by atoms with E-state index in [9.17, 15) is 14.0 Å². The molecule has 2 heterocycles. The fourth-order valence-electron chi connectivity index (χ4n) is 2.95. The first-order valence-electron chi connectivity index (χ1n) is 7.30. The van der Waals surface area contributed by atoms with Crippen LogP contribution < -0.4 is 4.90 Å². The number of carbonyl (C=O) groups excluding carboxylic acids is 2. The van der Waals surface area contributed by atoms with E-state index >= 15 is 0 Å². The van der Waals surface area contributed by atoms with Crippen LogP contribution >= 0.6 is 23.2 Å². The number of oxime groups is 1. The second kappa shape index (κ2) is 5.82. The lowest BCUT2D eigenvalue weighted by atomic mass is 9.94. The predicted molar refractivity (Wildman–Crippen MR) is 90.3 cm³/mol. The minimum Gasteiger partial charge on any atom is -0.381 e. The van der Waals surface area contributed by atoms with Crippen molar-refractivity contribution in [2.45, 2.75) is 6.10 Å². The van der Waals surface area contributed by atoms with E-state index in [0.29, 0.717) is 16.3 Å². The van der Waals surface area contributed by atoms with Crippen molar-refractivity contribution in [1.82, 2.24) is 0 Å². The summed E-state index contributed by atoms with van der Waals surface area (Å²) in [4.78, 5) is 31.6. The predicted octanol–water partition coefficient (Wildman–Crippen LogP) is 3.43.